The Morgan fingerprint density at radius 3 is 2.90 bits per heavy atom. The number of amides is 2. The minimum absolute atomic E-state index is 0.0427. The number of hydrogen-bond acceptors (Lipinski definition) is 4. The van der Waals surface area contributed by atoms with Gasteiger partial charge in [-0.05, 0) is 61.8 Å². The molecule has 160 valence electrons. The van der Waals surface area contributed by atoms with Crippen molar-refractivity contribution in [1.29, 1.82) is 0 Å². The van der Waals surface area contributed by atoms with Crippen LogP contribution in [-0.2, 0) is 20.7 Å². The first-order valence-electron chi connectivity index (χ1n) is 10.3. The van der Waals surface area contributed by atoms with Crippen molar-refractivity contribution in [3.8, 4) is 5.75 Å². The molecule has 0 saturated carbocycles. The van der Waals surface area contributed by atoms with Crippen LogP contribution in [0.15, 0.2) is 18.2 Å². The van der Waals surface area contributed by atoms with Crippen molar-refractivity contribution < 1.29 is 23.5 Å². The minimum Gasteiger partial charge on any atom is -0.497 e. The van der Waals surface area contributed by atoms with E-state index in [4.69, 9.17) is 9.47 Å². The number of likely N-dealkylation sites (tertiary alicyclic amines) is 1. The predicted octanol–water partition coefficient (Wildman–Crippen LogP) is 2.69. The summed E-state index contributed by atoms with van der Waals surface area (Å²) in [7, 11) is 3.23. The molecule has 2 saturated heterocycles. The molecule has 29 heavy (non-hydrogen) atoms. The molecule has 2 unspecified atom stereocenters. The second-order valence-electron chi connectivity index (χ2n) is 8.27. The first kappa shape index (κ1) is 21.6. The molecule has 7 heteroatoms. The zero-order valence-electron chi connectivity index (χ0n) is 17.3. The fourth-order valence-corrected chi connectivity index (χ4v) is 4.53. The second kappa shape index (κ2) is 9.57. The number of nitrogens with one attached hydrogen (secondary N) is 1. The first-order chi connectivity index (χ1) is 13.9. The maximum absolute atomic E-state index is 14.4. The highest BCUT2D eigenvalue weighted by Crippen LogP contribution is 2.32. The summed E-state index contributed by atoms with van der Waals surface area (Å²) >= 11 is 0. The number of benzene rings is 1. The van der Waals surface area contributed by atoms with Crippen LogP contribution in [0.25, 0.3) is 0 Å². The fourth-order valence-electron chi connectivity index (χ4n) is 4.53. The minimum atomic E-state index is -0.596. The third kappa shape index (κ3) is 5.47. The standard InChI is InChI=1S/C22H31FN2O4/c1-28-15-16-4-3-11-25(14-16)21(27)8-10-22(9-7-20(26)24-22)13-17-12-18(29-2)5-6-19(17)23/h5-6,12,16H,3-4,7-11,13-15H2,1-2H3,(H,24,26). The SMILES string of the molecule is COCC1CCCN(C(=O)CCC2(Cc3cc(OC)ccc3F)CCC(=O)N2)C1. The van der Waals surface area contributed by atoms with E-state index in [1.165, 1.54) is 13.2 Å². The number of nitrogens with zero attached hydrogens (tertiary/aromatic N) is 1. The van der Waals surface area contributed by atoms with Gasteiger partial charge in [0.2, 0.25) is 11.8 Å². The highest BCUT2D eigenvalue weighted by Gasteiger charge is 2.39. The molecule has 2 aliphatic rings. The molecule has 2 fully saturated rings. The van der Waals surface area contributed by atoms with E-state index in [2.05, 4.69) is 5.32 Å². The van der Waals surface area contributed by atoms with Crippen molar-refractivity contribution in [3.63, 3.8) is 0 Å². The number of hydrogen-bond donors (Lipinski definition) is 1. The number of carbonyl (C=O) groups excluding carboxylic acids is 2. The van der Waals surface area contributed by atoms with Crippen LogP contribution < -0.4 is 10.1 Å². The Kier molecular flexibility index (Phi) is 7.11. The maximum atomic E-state index is 14.4. The largest absolute Gasteiger partial charge is 0.497 e. The zero-order chi connectivity index (χ0) is 20.9. The molecule has 1 N–H and O–H groups in total. The van der Waals surface area contributed by atoms with Gasteiger partial charge in [0.25, 0.3) is 0 Å². The van der Waals surface area contributed by atoms with Crippen molar-refractivity contribution in [3.05, 3.63) is 29.6 Å². The summed E-state index contributed by atoms with van der Waals surface area (Å²) in [4.78, 5) is 26.7. The summed E-state index contributed by atoms with van der Waals surface area (Å²) in [5, 5.41) is 3.03. The Bertz CT molecular complexity index is 740. The number of piperidine rings is 1. The molecular weight excluding hydrogens is 375 g/mol. The van der Waals surface area contributed by atoms with Gasteiger partial charge in [0.1, 0.15) is 11.6 Å². The van der Waals surface area contributed by atoms with Gasteiger partial charge in [0.05, 0.1) is 13.7 Å². The average Bonchev–Trinajstić information content (AvgIpc) is 3.09. The van der Waals surface area contributed by atoms with Crippen LogP contribution in [0.4, 0.5) is 4.39 Å². The lowest BCUT2D eigenvalue weighted by molar-refractivity contribution is -0.134. The maximum Gasteiger partial charge on any atom is 0.222 e. The molecule has 2 heterocycles. The van der Waals surface area contributed by atoms with Gasteiger partial charge in [-0.25, -0.2) is 4.39 Å². The number of ether oxygens (including phenoxy) is 2. The van der Waals surface area contributed by atoms with Crippen LogP contribution in [0.1, 0.15) is 44.1 Å². The lowest BCUT2D eigenvalue weighted by atomic mass is 9.84. The molecule has 2 atom stereocenters. The summed E-state index contributed by atoms with van der Waals surface area (Å²) in [5.41, 5.74) is -0.0982. The van der Waals surface area contributed by atoms with Gasteiger partial charge in [0, 0.05) is 38.6 Å². The molecule has 0 spiro atoms. The molecule has 0 aromatic heterocycles. The summed E-state index contributed by atoms with van der Waals surface area (Å²) in [6.07, 6.45) is 4.25. The number of halogens is 1. The van der Waals surface area contributed by atoms with E-state index in [9.17, 15) is 14.0 Å². The summed E-state index contributed by atoms with van der Waals surface area (Å²) < 4.78 is 24.8. The van der Waals surface area contributed by atoms with Crippen LogP contribution in [0.2, 0.25) is 0 Å². The molecule has 1 aromatic rings. The van der Waals surface area contributed by atoms with Crippen molar-refractivity contribution in [2.75, 3.05) is 33.9 Å². The normalized spacial score (nSPS) is 24.4. The molecule has 0 bridgehead atoms. The molecule has 0 radical (unpaired) electrons. The molecule has 2 aliphatic heterocycles. The zero-order valence-corrected chi connectivity index (χ0v) is 17.3. The van der Waals surface area contributed by atoms with E-state index in [-0.39, 0.29) is 17.6 Å². The van der Waals surface area contributed by atoms with Crippen LogP contribution in [0.3, 0.4) is 0 Å². The molecule has 2 amide bonds. The molecular formula is C22H31FN2O4. The third-order valence-corrected chi connectivity index (χ3v) is 6.11. The summed E-state index contributed by atoms with van der Waals surface area (Å²) in [6, 6.07) is 4.63. The third-order valence-electron chi connectivity index (χ3n) is 6.11. The van der Waals surface area contributed by atoms with E-state index < -0.39 is 5.54 Å². The number of carbonyl (C=O) groups is 2. The van der Waals surface area contributed by atoms with E-state index in [0.717, 1.165) is 25.9 Å². The van der Waals surface area contributed by atoms with Crippen molar-refractivity contribution in [1.82, 2.24) is 10.2 Å². The predicted molar refractivity (Wildman–Crippen MR) is 107 cm³/mol. The quantitative estimate of drug-likeness (QED) is 0.721. The Morgan fingerprint density at radius 1 is 1.38 bits per heavy atom. The monoisotopic (exact) mass is 406 g/mol. The van der Waals surface area contributed by atoms with Crippen molar-refractivity contribution >= 4 is 11.8 Å². The Labute approximate surface area is 171 Å². The highest BCUT2D eigenvalue weighted by atomic mass is 19.1. The van der Waals surface area contributed by atoms with Crippen molar-refractivity contribution in [2.45, 2.75) is 50.5 Å². The van der Waals surface area contributed by atoms with Gasteiger partial charge in [-0.3, -0.25) is 9.59 Å². The smallest absolute Gasteiger partial charge is 0.222 e. The van der Waals surface area contributed by atoms with E-state index >= 15 is 0 Å². The first-order valence-corrected chi connectivity index (χ1v) is 10.3. The Morgan fingerprint density at radius 2 is 2.21 bits per heavy atom. The Balaban J connectivity index is 1.66. The fraction of sp³-hybridized carbons (Fsp3) is 0.636. The van der Waals surface area contributed by atoms with Crippen LogP contribution in [0.5, 0.6) is 5.75 Å². The highest BCUT2D eigenvalue weighted by molar-refractivity contribution is 5.80. The van der Waals surface area contributed by atoms with Crippen LogP contribution in [-0.4, -0.2) is 56.2 Å². The van der Waals surface area contributed by atoms with Gasteiger partial charge in [-0.1, -0.05) is 0 Å². The van der Waals surface area contributed by atoms with Crippen molar-refractivity contribution in [2.24, 2.45) is 5.92 Å². The Hall–Kier alpha value is -2.15. The van der Waals surface area contributed by atoms with Gasteiger partial charge < -0.3 is 19.7 Å². The molecule has 3 rings (SSSR count). The number of rotatable bonds is 8. The van der Waals surface area contributed by atoms with E-state index in [1.54, 1.807) is 19.2 Å². The van der Waals surface area contributed by atoms with Crippen LogP contribution in [0, 0.1) is 11.7 Å². The average molecular weight is 406 g/mol. The van der Waals surface area contributed by atoms with E-state index in [1.807, 2.05) is 4.90 Å². The van der Waals surface area contributed by atoms with Gasteiger partial charge in [0.15, 0.2) is 0 Å². The lowest BCUT2D eigenvalue weighted by Crippen LogP contribution is -2.46. The number of methoxy groups -OCH3 is 2. The summed E-state index contributed by atoms with van der Waals surface area (Å²) in [5.74, 6) is 0.686. The molecule has 0 aliphatic carbocycles. The van der Waals surface area contributed by atoms with Crippen LogP contribution >= 0.6 is 0 Å². The lowest BCUT2D eigenvalue weighted by Gasteiger charge is -2.34. The van der Waals surface area contributed by atoms with Gasteiger partial charge in [-0.2, -0.15) is 0 Å². The summed E-state index contributed by atoms with van der Waals surface area (Å²) in [6.45, 7) is 2.15. The van der Waals surface area contributed by atoms with Gasteiger partial charge >= 0.3 is 0 Å². The van der Waals surface area contributed by atoms with Gasteiger partial charge in [-0.15, -0.1) is 0 Å². The van der Waals surface area contributed by atoms with E-state index in [0.29, 0.717) is 55.9 Å². The topological polar surface area (TPSA) is 67.9 Å². The second-order valence-corrected chi connectivity index (χ2v) is 8.27. The molecule has 1 aromatic carbocycles. The molecule has 6 nitrogen and oxygen atoms in total.